The first-order chi connectivity index (χ1) is 10.0. The third kappa shape index (κ3) is 3.39. The Balaban J connectivity index is 2.26. The molecule has 2 N–H and O–H groups in total. The molecule has 0 aromatic heterocycles. The molecule has 5 heteroatoms. The second-order valence-electron chi connectivity index (χ2n) is 4.48. The minimum atomic E-state index is -0.482. The first-order valence-corrected chi connectivity index (χ1v) is 6.30. The molecule has 108 valence electrons. The molecule has 0 unspecified atom stereocenters. The second-order valence-corrected chi connectivity index (χ2v) is 4.48. The molecule has 2 aromatic rings. The Hall–Kier alpha value is -2.82. The van der Waals surface area contributed by atoms with Gasteiger partial charge in [0, 0.05) is 11.3 Å². The Bertz CT molecular complexity index is 677. The number of rotatable bonds is 4. The smallest absolute Gasteiger partial charge is 0.337 e. The van der Waals surface area contributed by atoms with Crippen LogP contribution in [0.3, 0.4) is 0 Å². The van der Waals surface area contributed by atoms with Crippen LogP contribution in [0.1, 0.15) is 27.6 Å². The Kier molecular flexibility index (Phi) is 4.23. The Morgan fingerprint density at radius 3 is 2.24 bits per heavy atom. The van der Waals surface area contributed by atoms with E-state index in [1.165, 1.54) is 32.2 Å². The van der Waals surface area contributed by atoms with Gasteiger partial charge in [-0.3, -0.25) is 4.79 Å². The summed E-state index contributed by atoms with van der Waals surface area (Å²) in [5, 5.41) is 12.8. The van der Waals surface area contributed by atoms with Gasteiger partial charge < -0.3 is 15.2 Å². The van der Waals surface area contributed by atoms with E-state index in [-0.39, 0.29) is 11.5 Å². The zero-order chi connectivity index (χ0) is 15.4. The average Bonchev–Trinajstić information content (AvgIpc) is 2.49. The van der Waals surface area contributed by atoms with E-state index in [2.05, 4.69) is 10.1 Å². The maximum absolute atomic E-state index is 11.5. The number of methoxy groups -OCH3 is 1. The molecule has 0 aliphatic rings. The van der Waals surface area contributed by atoms with Crippen LogP contribution in [0.15, 0.2) is 42.5 Å². The number of benzene rings is 2. The van der Waals surface area contributed by atoms with Gasteiger partial charge in [-0.1, -0.05) is 0 Å². The topological polar surface area (TPSA) is 75.6 Å². The van der Waals surface area contributed by atoms with E-state index in [9.17, 15) is 14.7 Å². The van der Waals surface area contributed by atoms with E-state index < -0.39 is 5.97 Å². The number of hydrogen-bond acceptors (Lipinski definition) is 5. The molecule has 21 heavy (non-hydrogen) atoms. The van der Waals surface area contributed by atoms with Crippen molar-refractivity contribution in [3.8, 4) is 5.75 Å². The number of phenols is 1. The summed E-state index contributed by atoms with van der Waals surface area (Å²) in [6, 6.07) is 11.2. The van der Waals surface area contributed by atoms with E-state index in [0.29, 0.717) is 22.5 Å². The molecule has 0 radical (unpaired) electrons. The lowest BCUT2D eigenvalue weighted by Crippen LogP contribution is -2.02. The quantitative estimate of drug-likeness (QED) is 0.513. The fourth-order valence-corrected chi connectivity index (χ4v) is 1.82. The summed E-state index contributed by atoms with van der Waals surface area (Å²) in [5.74, 6) is -0.486. The highest BCUT2D eigenvalue weighted by molar-refractivity contribution is 5.94. The lowest BCUT2D eigenvalue weighted by molar-refractivity contribution is 0.0600. The number of carbonyl (C=O) groups is 2. The number of ether oxygens (including phenoxy) is 1. The molecular weight excluding hydrogens is 270 g/mol. The minimum Gasteiger partial charge on any atom is -0.506 e. The van der Waals surface area contributed by atoms with Gasteiger partial charge >= 0.3 is 5.97 Å². The molecule has 0 atom stereocenters. The maximum atomic E-state index is 11.5. The summed E-state index contributed by atoms with van der Waals surface area (Å²) in [6.45, 7) is 1.49. The average molecular weight is 285 g/mol. The van der Waals surface area contributed by atoms with Gasteiger partial charge in [0.15, 0.2) is 5.78 Å². The molecule has 0 saturated carbocycles. The predicted molar refractivity (Wildman–Crippen MR) is 79.2 cm³/mol. The Morgan fingerprint density at radius 2 is 1.67 bits per heavy atom. The number of esters is 1. The molecule has 0 fully saturated rings. The molecule has 5 nitrogen and oxygen atoms in total. The van der Waals surface area contributed by atoms with Gasteiger partial charge in [0.2, 0.25) is 0 Å². The molecule has 0 aliphatic heterocycles. The summed E-state index contributed by atoms with van der Waals surface area (Å²) < 4.78 is 4.64. The zero-order valence-electron chi connectivity index (χ0n) is 11.7. The number of aromatic hydroxyl groups is 1. The number of anilines is 2. The lowest BCUT2D eigenvalue weighted by Gasteiger charge is -2.10. The van der Waals surface area contributed by atoms with Crippen molar-refractivity contribution in [1.82, 2.24) is 0 Å². The van der Waals surface area contributed by atoms with Gasteiger partial charge in [0.05, 0.1) is 18.4 Å². The first-order valence-electron chi connectivity index (χ1n) is 6.30. The largest absolute Gasteiger partial charge is 0.506 e. The normalized spacial score (nSPS) is 10.0. The van der Waals surface area contributed by atoms with Crippen LogP contribution >= 0.6 is 0 Å². The van der Waals surface area contributed by atoms with E-state index in [0.717, 1.165) is 0 Å². The molecule has 0 amide bonds. The lowest BCUT2D eigenvalue weighted by atomic mass is 10.1. The van der Waals surface area contributed by atoms with Crippen LogP contribution in [0, 0.1) is 0 Å². The van der Waals surface area contributed by atoms with E-state index in [4.69, 9.17) is 0 Å². The van der Waals surface area contributed by atoms with Crippen LogP contribution < -0.4 is 5.32 Å². The van der Waals surface area contributed by atoms with E-state index in [1.54, 1.807) is 24.3 Å². The highest BCUT2D eigenvalue weighted by atomic mass is 16.5. The molecule has 0 bridgehead atoms. The first kappa shape index (κ1) is 14.6. The van der Waals surface area contributed by atoms with Crippen molar-refractivity contribution in [3.05, 3.63) is 53.6 Å². The van der Waals surface area contributed by atoms with Crippen LogP contribution in [0.2, 0.25) is 0 Å². The minimum absolute atomic E-state index is 0.0123. The van der Waals surface area contributed by atoms with Gasteiger partial charge in [-0.2, -0.15) is 0 Å². The van der Waals surface area contributed by atoms with Crippen molar-refractivity contribution in [3.63, 3.8) is 0 Å². The Morgan fingerprint density at radius 1 is 1.05 bits per heavy atom. The summed E-state index contributed by atoms with van der Waals surface area (Å²) in [4.78, 5) is 22.7. The molecular formula is C16H15NO4. The van der Waals surface area contributed by atoms with Crippen molar-refractivity contribution in [2.24, 2.45) is 0 Å². The maximum Gasteiger partial charge on any atom is 0.337 e. The standard InChI is InChI=1S/C16H15NO4/c1-10(18)11-3-6-13(7-4-11)17-14-9-12(16(20)21-2)5-8-15(14)19/h3-9,17,19H,1-2H3. The number of Topliss-reactive ketones (excluding diaryl/α,β-unsaturated/α-hetero) is 1. The van der Waals surface area contributed by atoms with Crippen LogP contribution in [-0.4, -0.2) is 24.0 Å². The highest BCUT2D eigenvalue weighted by Crippen LogP contribution is 2.28. The zero-order valence-corrected chi connectivity index (χ0v) is 11.7. The number of phenolic OH excluding ortho intramolecular Hbond substituents is 1. The van der Waals surface area contributed by atoms with Gasteiger partial charge in [-0.15, -0.1) is 0 Å². The third-order valence-corrected chi connectivity index (χ3v) is 2.99. The van der Waals surface area contributed by atoms with E-state index >= 15 is 0 Å². The number of nitrogens with one attached hydrogen (secondary N) is 1. The van der Waals surface area contributed by atoms with Crippen LogP contribution in [0.4, 0.5) is 11.4 Å². The number of carbonyl (C=O) groups excluding carboxylic acids is 2. The summed E-state index contributed by atoms with van der Waals surface area (Å²) in [7, 11) is 1.29. The van der Waals surface area contributed by atoms with Crippen molar-refractivity contribution < 1.29 is 19.4 Å². The SMILES string of the molecule is COC(=O)c1ccc(O)c(Nc2ccc(C(C)=O)cc2)c1. The molecule has 0 aliphatic carbocycles. The third-order valence-electron chi connectivity index (χ3n) is 2.99. The number of hydrogen-bond donors (Lipinski definition) is 2. The molecule has 0 heterocycles. The fraction of sp³-hybridized carbons (Fsp3) is 0.125. The van der Waals surface area contributed by atoms with Crippen molar-refractivity contribution in [2.75, 3.05) is 12.4 Å². The van der Waals surface area contributed by atoms with Gasteiger partial charge in [0.1, 0.15) is 5.75 Å². The summed E-state index contributed by atoms with van der Waals surface area (Å²) in [6.07, 6.45) is 0. The monoisotopic (exact) mass is 285 g/mol. The number of ketones is 1. The van der Waals surface area contributed by atoms with E-state index in [1.807, 2.05) is 0 Å². The van der Waals surface area contributed by atoms with Crippen LogP contribution in [-0.2, 0) is 4.74 Å². The van der Waals surface area contributed by atoms with Crippen molar-refractivity contribution in [2.45, 2.75) is 6.92 Å². The summed E-state index contributed by atoms with van der Waals surface area (Å²) in [5.41, 5.74) is 2.01. The predicted octanol–water partition coefficient (Wildman–Crippen LogP) is 3.13. The van der Waals surface area contributed by atoms with Gasteiger partial charge in [-0.05, 0) is 49.4 Å². The van der Waals surface area contributed by atoms with Gasteiger partial charge in [-0.25, -0.2) is 4.79 Å². The van der Waals surface area contributed by atoms with Crippen LogP contribution in [0.5, 0.6) is 5.75 Å². The summed E-state index contributed by atoms with van der Waals surface area (Å²) >= 11 is 0. The molecule has 2 aromatic carbocycles. The fourth-order valence-electron chi connectivity index (χ4n) is 1.82. The van der Waals surface area contributed by atoms with Crippen molar-refractivity contribution >= 4 is 23.1 Å². The highest BCUT2D eigenvalue weighted by Gasteiger charge is 2.09. The molecule has 2 rings (SSSR count). The second kappa shape index (κ2) is 6.09. The molecule has 0 spiro atoms. The van der Waals surface area contributed by atoms with Crippen LogP contribution in [0.25, 0.3) is 0 Å². The molecule has 0 saturated heterocycles. The Labute approximate surface area is 122 Å². The van der Waals surface area contributed by atoms with Crippen molar-refractivity contribution in [1.29, 1.82) is 0 Å². The van der Waals surface area contributed by atoms with Gasteiger partial charge in [0.25, 0.3) is 0 Å².